The molecule has 0 saturated heterocycles. The van der Waals surface area contributed by atoms with E-state index < -0.39 is 11.5 Å². The highest BCUT2D eigenvalue weighted by Gasteiger charge is 2.11. The van der Waals surface area contributed by atoms with Crippen molar-refractivity contribution in [3.05, 3.63) is 31.2 Å². The molecule has 0 spiro atoms. The minimum Gasteiger partial charge on any atom is -0.351 e. The third kappa shape index (κ3) is 3.06. The highest BCUT2D eigenvalue weighted by molar-refractivity contribution is 14.1. The summed E-state index contributed by atoms with van der Waals surface area (Å²) in [6.45, 7) is 2.01. The molecule has 84 valence electrons. The fourth-order valence-electron chi connectivity index (χ4n) is 1.09. The number of pyridine rings is 1. The molecule has 0 saturated carbocycles. The average molecular weight is 331 g/mol. The van der Waals surface area contributed by atoms with E-state index in [1.54, 1.807) is 6.92 Å². The predicted molar refractivity (Wildman–Crippen MR) is 67.1 cm³/mol. The zero-order valence-corrected chi connectivity index (χ0v) is 10.8. The lowest BCUT2D eigenvalue weighted by molar-refractivity contribution is 0.0953. The first-order chi connectivity index (χ1) is 7.56. The molecule has 6 heteroatoms. The number of aromatic nitrogens is 1. The quantitative estimate of drug-likeness (QED) is 0.638. The minimum atomic E-state index is -0.450. The Morgan fingerprint density at radius 1 is 1.69 bits per heavy atom. The fraction of sp³-hybridized carbons (Fsp3) is 0.300. The van der Waals surface area contributed by atoms with Gasteiger partial charge in [-0.05, 0) is 35.6 Å². The standard InChI is InChI=1S/C10H10IN3O2/c1-6-8(11)5-7(10(16)14-6)9(15)13-4-2-3-12/h5H,2,4H2,1H3,(H,13,15)(H,14,16). The molecule has 0 radical (unpaired) electrons. The number of halogens is 1. The van der Waals surface area contributed by atoms with E-state index in [0.29, 0.717) is 0 Å². The molecular weight excluding hydrogens is 321 g/mol. The molecule has 0 aliphatic carbocycles. The summed E-state index contributed by atoms with van der Waals surface area (Å²) in [4.78, 5) is 25.6. The summed E-state index contributed by atoms with van der Waals surface area (Å²) in [5.41, 5.74) is 0.402. The average Bonchev–Trinajstić information content (AvgIpc) is 2.23. The second-order valence-corrected chi connectivity index (χ2v) is 4.31. The number of carbonyl (C=O) groups excluding carboxylic acids is 1. The van der Waals surface area contributed by atoms with E-state index in [4.69, 9.17) is 5.26 Å². The van der Waals surface area contributed by atoms with E-state index in [-0.39, 0.29) is 18.5 Å². The molecule has 0 atom stereocenters. The summed E-state index contributed by atoms with van der Waals surface area (Å²) < 4.78 is 0.822. The number of carbonyl (C=O) groups is 1. The SMILES string of the molecule is Cc1[nH]c(=O)c(C(=O)NCCC#N)cc1I. The zero-order valence-electron chi connectivity index (χ0n) is 8.63. The Balaban J connectivity index is 2.89. The first kappa shape index (κ1) is 12.7. The van der Waals surface area contributed by atoms with Crippen LogP contribution in [0.15, 0.2) is 10.9 Å². The van der Waals surface area contributed by atoms with Crippen LogP contribution in [-0.2, 0) is 0 Å². The lowest BCUT2D eigenvalue weighted by atomic mass is 10.2. The molecule has 5 nitrogen and oxygen atoms in total. The number of H-pyrrole nitrogens is 1. The van der Waals surface area contributed by atoms with Crippen LogP contribution in [0.3, 0.4) is 0 Å². The summed E-state index contributed by atoms with van der Waals surface area (Å²) in [7, 11) is 0. The number of aromatic amines is 1. The molecule has 1 rings (SSSR count). The van der Waals surface area contributed by atoms with Gasteiger partial charge in [-0.25, -0.2) is 0 Å². The minimum absolute atomic E-state index is 0.0768. The molecule has 0 unspecified atom stereocenters. The van der Waals surface area contributed by atoms with Gasteiger partial charge in [-0.15, -0.1) is 0 Å². The molecule has 0 fully saturated rings. The number of nitrogens with zero attached hydrogens (tertiary/aromatic N) is 1. The largest absolute Gasteiger partial charge is 0.351 e. The van der Waals surface area contributed by atoms with Crippen molar-refractivity contribution in [2.24, 2.45) is 0 Å². The monoisotopic (exact) mass is 331 g/mol. The Labute approximate surface area is 106 Å². The van der Waals surface area contributed by atoms with Crippen LogP contribution in [-0.4, -0.2) is 17.4 Å². The lowest BCUT2D eigenvalue weighted by Gasteiger charge is -2.04. The normalized spacial score (nSPS) is 9.56. The lowest BCUT2D eigenvalue weighted by Crippen LogP contribution is -2.30. The maximum absolute atomic E-state index is 11.6. The number of hydrogen-bond donors (Lipinski definition) is 2. The first-order valence-corrected chi connectivity index (χ1v) is 5.68. The Morgan fingerprint density at radius 2 is 2.38 bits per heavy atom. The van der Waals surface area contributed by atoms with Gasteiger partial charge >= 0.3 is 0 Å². The van der Waals surface area contributed by atoms with Crippen molar-refractivity contribution >= 4 is 28.5 Å². The molecule has 1 heterocycles. The summed E-state index contributed by atoms with van der Waals surface area (Å²) in [6.07, 6.45) is 0.229. The van der Waals surface area contributed by atoms with Crippen LogP contribution in [0.5, 0.6) is 0 Å². The number of rotatable bonds is 3. The van der Waals surface area contributed by atoms with E-state index >= 15 is 0 Å². The van der Waals surface area contributed by atoms with Crippen LogP contribution in [0, 0.1) is 21.8 Å². The van der Waals surface area contributed by atoms with E-state index in [9.17, 15) is 9.59 Å². The van der Waals surface area contributed by atoms with Gasteiger partial charge in [-0.1, -0.05) is 0 Å². The zero-order chi connectivity index (χ0) is 12.1. The van der Waals surface area contributed by atoms with Gasteiger partial charge in [0, 0.05) is 15.8 Å². The Morgan fingerprint density at radius 3 is 3.00 bits per heavy atom. The van der Waals surface area contributed by atoms with Gasteiger partial charge in [0.2, 0.25) is 0 Å². The van der Waals surface area contributed by atoms with Crippen molar-refractivity contribution in [2.45, 2.75) is 13.3 Å². The Kier molecular flexibility index (Phi) is 4.49. The van der Waals surface area contributed by atoms with E-state index in [0.717, 1.165) is 9.26 Å². The van der Waals surface area contributed by atoms with Crippen molar-refractivity contribution < 1.29 is 4.79 Å². The van der Waals surface area contributed by atoms with E-state index in [1.807, 2.05) is 28.7 Å². The first-order valence-electron chi connectivity index (χ1n) is 4.61. The molecule has 0 aliphatic rings. The molecule has 0 aromatic carbocycles. The van der Waals surface area contributed by atoms with Crippen molar-refractivity contribution in [3.8, 4) is 6.07 Å². The third-order valence-corrected chi connectivity index (χ3v) is 3.06. The summed E-state index contributed by atoms with van der Waals surface area (Å²) in [5, 5.41) is 10.8. The predicted octanol–water partition coefficient (Wildman–Crippen LogP) is 0.931. The highest BCUT2D eigenvalue weighted by Crippen LogP contribution is 2.07. The van der Waals surface area contributed by atoms with Crippen LogP contribution in [0.4, 0.5) is 0 Å². The number of hydrogen-bond acceptors (Lipinski definition) is 3. The van der Waals surface area contributed by atoms with Crippen molar-refractivity contribution in [1.29, 1.82) is 5.26 Å². The van der Waals surface area contributed by atoms with E-state index in [2.05, 4.69) is 10.3 Å². The molecule has 0 bridgehead atoms. The number of nitriles is 1. The van der Waals surface area contributed by atoms with Crippen LogP contribution < -0.4 is 10.9 Å². The Hall–Kier alpha value is -1.36. The van der Waals surface area contributed by atoms with Crippen molar-refractivity contribution in [1.82, 2.24) is 10.3 Å². The molecule has 16 heavy (non-hydrogen) atoms. The third-order valence-electron chi connectivity index (χ3n) is 1.94. The van der Waals surface area contributed by atoms with Gasteiger partial charge < -0.3 is 10.3 Å². The molecule has 0 aliphatic heterocycles. The molecule has 1 aromatic rings. The topological polar surface area (TPSA) is 85.8 Å². The summed E-state index contributed by atoms with van der Waals surface area (Å²) in [5.74, 6) is -0.450. The van der Waals surface area contributed by atoms with Gasteiger partial charge in [-0.3, -0.25) is 9.59 Å². The van der Waals surface area contributed by atoms with Gasteiger partial charge in [-0.2, -0.15) is 5.26 Å². The maximum Gasteiger partial charge on any atom is 0.261 e. The van der Waals surface area contributed by atoms with Crippen molar-refractivity contribution in [2.75, 3.05) is 6.54 Å². The second-order valence-electron chi connectivity index (χ2n) is 3.15. The number of nitrogens with one attached hydrogen (secondary N) is 2. The highest BCUT2D eigenvalue weighted by atomic mass is 127. The number of aryl methyl sites for hydroxylation is 1. The van der Waals surface area contributed by atoms with Gasteiger partial charge in [0.25, 0.3) is 11.5 Å². The van der Waals surface area contributed by atoms with E-state index in [1.165, 1.54) is 6.07 Å². The smallest absolute Gasteiger partial charge is 0.261 e. The Bertz CT molecular complexity index is 502. The molecule has 2 N–H and O–H groups in total. The van der Waals surface area contributed by atoms with Crippen LogP contribution in [0.25, 0.3) is 0 Å². The molecule has 1 amide bonds. The van der Waals surface area contributed by atoms with Crippen LogP contribution in [0.2, 0.25) is 0 Å². The van der Waals surface area contributed by atoms with Gasteiger partial charge in [0.15, 0.2) is 0 Å². The van der Waals surface area contributed by atoms with Crippen LogP contribution in [0.1, 0.15) is 22.5 Å². The second kappa shape index (κ2) is 5.65. The maximum atomic E-state index is 11.6. The van der Waals surface area contributed by atoms with Crippen LogP contribution >= 0.6 is 22.6 Å². The van der Waals surface area contributed by atoms with Crippen molar-refractivity contribution in [3.63, 3.8) is 0 Å². The van der Waals surface area contributed by atoms with Gasteiger partial charge in [0.05, 0.1) is 12.5 Å². The molecular formula is C10H10IN3O2. The number of amides is 1. The fourth-order valence-corrected chi connectivity index (χ4v) is 1.54. The molecule has 1 aromatic heterocycles. The summed E-state index contributed by atoms with van der Waals surface area (Å²) in [6, 6.07) is 3.45. The van der Waals surface area contributed by atoms with Gasteiger partial charge in [0.1, 0.15) is 5.56 Å². The summed E-state index contributed by atoms with van der Waals surface area (Å²) >= 11 is 2.04.